The first kappa shape index (κ1) is 7.10. The van der Waals surface area contributed by atoms with E-state index in [9.17, 15) is 4.79 Å². The maximum atomic E-state index is 10.6. The molecule has 0 aromatic rings. The van der Waals surface area contributed by atoms with E-state index in [1.807, 2.05) is 0 Å². The molecule has 2 aliphatic rings. The van der Waals surface area contributed by atoms with Gasteiger partial charge >= 0.3 is 5.97 Å². The van der Waals surface area contributed by atoms with Crippen molar-refractivity contribution in [2.75, 3.05) is 6.61 Å². The normalized spacial score (nSPS) is 41.0. The molecule has 0 radical (unpaired) electrons. The molecule has 0 N–H and O–H groups in total. The zero-order valence-electron chi connectivity index (χ0n) is 6.58. The maximum absolute atomic E-state index is 10.6. The van der Waals surface area contributed by atoms with E-state index in [0.717, 1.165) is 19.4 Å². The van der Waals surface area contributed by atoms with Crippen LogP contribution < -0.4 is 0 Å². The van der Waals surface area contributed by atoms with Gasteiger partial charge < -0.3 is 9.47 Å². The number of ether oxygens (including phenoxy) is 2. The second-order valence-electron chi connectivity index (χ2n) is 3.25. The molecule has 1 heterocycles. The predicted octanol–water partition coefficient (Wildman–Crippen LogP) is 0.727. The molecule has 1 aliphatic carbocycles. The number of carbonyl (C=O) groups is 1. The van der Waals surface area contributed by atoms with Crippen LogP contribution in [0.25, 0.3) is 0 Å². The maximum Gasteiger partial charge on any atom is 0.302 e. The minimum Gasteiger partial charge on any atom is -0.462 e. The van der Waals surface area contributed by atoms with Crippen molar-refractivity contribution in [2.45, 2.75) is 32.0 Å². The molecule has 11 heavy (non-hydrogen) atoms. The smallest absolute Gasteiger partial charge is 0.302 e. The number of hydrogen-bond donors (Lipinski definition) is 0. The molecule has 2 fully saturated rings. The van der Waals surface area contributed by atoms with Crippen LogP contribution in [-0.4, -0.2) is 24.8 Å². The van der Waals surface area contributed by atoms with Gasteiger partial charge in [-0.05, 0) is 6.42 Å². The number of fused-ring (bicyclic) bond motifs is 1. The van der Waals surface area contributed by atoms with Crippen LogP contribution in [0.4, 0.5) is 0 Å². The monoisotopic (exact) mass is 156 g/mol. The summed E-state index contributed by atoms with van der Waals surface area (Å²) in [6, 6.07) is 0. The second kappa shape index (κ2) is 2.48. The van der Waals surface area contributed by atoms with Crippen molar-refractivity contribution in [1.29, 1.82) is 0 Å². The van der Waals surface area contributed by atoms with Gasteiger partial charge in [0, 0.05) is 19.3 Å². The SMILES string of the molecule is CC(=O)O[C@H]1CCOC2CC21. The van der Waals surface area contributed by atoms with Gasteiger partial charge in [0.05, 0.1) is 12.7 Å². The van der Waals surface area contributed by atoms with Crippen LogP contribution >= 0.6 is 0 Å². The third kappa shape index (κ3) is 1.38. The summed E-state index contributed by atoms with van der Waals surface area (Å²) in [6.45, 7) is 2.21. The van der Waals surface area contributed by atoms with E-state index in [4.69, 9.17) is 9.47 Å². The Hall–Kier alpha value is -0.570. The molecule has 3 atom stereocenters. The highest BCUT2D eigenvalue weighted by molar-refractivity contribution is 5.66. The van der Waals surface area contributed by atoms with Gasteiger partial charge in [-0.2, -0.15) is 0 Å². The van der Waals surface area contributed by atoms with Crippen LogP contribution in [0, 0.1) is 5.92 Å². The van der Waals surface area contributed by atoms with Crippen LogP contribution in [0.15, 0.2) is 0 Å². The van der Waals surface area contributed by atoms with Crippen molar-refractivity contribution < 1.29 is 14.3 Å². The lowest BCUT2D eigenvalue weighted by molar-refractivity contribution is -0.151. The lowest BCUT2D eigenvalue weighted by atomic mass is 10.1. The minimum atomic E-state index is -0.164. The fourth-order valence-corrected chi connectivity index (χ4v) is 1.68. The molecule has 0 amide bonds. The van der Waals surface area contributed by atoms with Gasteiger partial charge in [0.1, 0.15) is 6.10 Å². The largest absolute Gasteiger partial charge is 0.462 e. The molecule has 0 bridgehead atoms. The van der Waals surface area contributed by atoms with Crippen molar-refractivity contribution in [3.8, 4) is 0 Å². The molecule has 3 nitrogen and oxygen atoms in total. The molecule has 0 aromatic carbocycles. The first-order valence-electron chi connectivity index (χ1n) is 4.06. The first-order chi connectivity index (χ1) is 5.27. The standard InChI is InChI=1S/C8H12O3/c1-5(9)11-7-2-3-10-8-4-6(7)8/h6-8H,2-4H2,1H3/t6?,7-,8?/m0/s1. The summed E-state index contributed by atoms with van der Waals surface area (Å²) in [7, 11) is 0. The molecule has 2 unspecified atom stereocenters. The minimum absolute atomic E-state index is 0.145. The van der Waals surface area contributed by atoms with E-state index in [1.165, 1.54) is 6.92 Å². The van der Waals surface area contributed by atoms with Crippen LogP contribution in [0.3, 0.4) is 0 Å². The van der Waals surface area contributed by atoms with Gasteiger partial charge in [-0.25, -0.2) is 0 Å². The number of carbonyl (C=O) groups excluding carboxylic acids is 1. The zero-order chi connectivity index (χ0) is 7.84. The highest BCUT2D eigenvalue weighted by Crippen LogP contribution is 2.42. The lowest BCUT2D eigenvalue weighted by Gasteiger charge is -2.20. The number of rotatable bonds is 1. The number of hydrogen-bond acceptors (Lipinski definition) is 3. The Labute approximate surface area is 65.7 Å². The molecule has 0 aromatic heterocycles. The summed E-state index contributed by atoms with van der Waals surface area (Å²) in [5, 5.41) is 0. The summed E-state index contributed by atoms with van der Waals surface area (Å²) in [5.74, 6) is 0.343. The van der Waals surface area contributed by atoms with Crippen LogP contribution in [0.1, 0.15) is 19.8 Å². The van der Waals surface area contributed by atoms with Gasteiger partial charge in [0.25, 0.3) is 0 Å². The molecule has 2 rings (SSSR count). The summed E-state index contributed by atoms with van der Waals surface area (Å²) in [6.07, 6.45) is 2.50. The molecule has 62 valence electrons. The average Bonchev–Trinajstić information content (AvgIpc) is 2.65. The molecular formula is C8H12O3. The first-order valence-corrected chi connectivity index (χ1v) is 4.06. The summed E-state index contributed by atoms with van der Waals surface area (Å²) >= 11 is 0. The van der Waals surface area contributed by atoms with Crippen molar-refractivity contribution in [1.82, 2.24) is 0 Å². The van der Waals surface area contributed by atoms with Crippen molar-refractivity contribution in [3.63, 3.8) is 0 Å². The second-order valence-corrected chi connectivity index (χ2v) is 3.25. The quantitative estimate of drug-likeness (QED) is 0.525. The van der Waals surface area contributed by atoms with E-state index in [1.54, 1.807) is 0 Å². The van der Waals surface area contributed by atoms with Gasteiger partial charge in [-0.15, -0.1) is 0 Å². The van der Waals surface area contributed by atoms with Gasteiger partial charge in [0.2, 0.25) is 0 Å². The van der Waals surface area contributed by atoms with Crippen molar-refractivity contribution in [2.24, 2.45) is 5.92 Å². The molecule has 0 spiro atoms. The van der Waals surface area contributed by atoms with E-state index in [-0.39, 0.29) is 12.1 Å². The summed E-state index contributed by atoms with van der Waals surface area (Å²) in [4.78, 5) is 10.6. The van der Waals surface area contributed by atoms with E-state index < -0.39 is 0 Å². The molecular weight excluding hydrogens is 144 g/mol. The van der Waals surface area contributed by atoms with Crippen LogP contribution in [-0.2, 0) is 14.3 Å². The summed E-state index contributed by atoms with van der Waals surface area (Å²) in [5.41, 5.74) is 0. The Morgan fingerprint density at radius 2 is 2.45 bits per heavy atom. The Bertz CT molecular complexity index is 178. The zero-order valence-corrected chi connectivity index (χ0v) is 6.58. The highest BCUT2D eigenvalue weighted by Gasteiger charge is 2.48. The molecule has 3 heteroatoms. The Morgan fingerprint density at radius 1 is 1.64 bits per heavy atom. The Kier molecular flexibility index (Phi) is 1.60. The van der Waals surface area contributed by atoms with Crippen LogP contribution in [0.2, 0.25) is 0 Å². The average molecular weight is 156 g/mol. The highest BCUT2D eigenvalue weighted by atomic mass is 16.6. The van der Waals surface area contributed by atoms with Crippen LogP contribution in [0.5, 0.6) is 0 Å². The fourth-order valence-electron chi connectivity index (χ4n) is 1.68. The van der Waals surface area contributed by atoms with Crippen molar-refractivity contribution in [3.05, 3.63) is 0 Å². The number of esters is 1. The fraction of sp³-hybridized carbons (Fsp3) is 0.875. The van der Waals surface area contributed by atoms with E-state index >= 15 is 0 Å². The molecule has 1 aliphatic heterocycles. The van der Waals surface area contributed by atoms with Gasteiger partial charge in [0.15, 0.2) is 0 Å². The topological polar surface area (TPSA) is 35.5 Å². The van der Waals surface area contributed by atoms with Crippen molar-refractivity contribution >= 4 is 5.97 Å². The van der Waals surface area contributed by atoms with Gasteiger partial charge in [-0.3, -0.25) is 4.79 Å². The lowest BCUT2D eigenvalue weighted by Crippen LogP contribution is -2.26. The van der Waals surface area contributed by atoms with Gasteiger partial charge in [-0.1, -0.05) is 0 Å². The third-order valence-electron chi connectivity index (χ3n) is 2.31. The van der Waals surface area contributed by atoms with E-state index in [0.29, 0.717) is 12.0 Å². The summed E-state index contributed by atoms with van der Waals surface area (Å²) < 4.78 is 10.5. The Morgan fingerprint density at radius 3 is 3.18 bits per heavy atom. The molecule has 1 saturated heterocycles. The predicted molar refractivity (Wildman–Crippen MR) is 38.0 cm³/mol. The third-order valence-corrected chi connectivity index (χ3v) is 2.31. The Balaban J connectivity index is 1.88. The van der Waals surface area contributed by atoms with E-state index in [2.05, 4.69) is 0 Å². The molecule has 1 saturated carbocycles.